The predicted molar refractivity (Wildman–Crippen MR) is 239 cm³/mol. The second-order valence-corrected chi connectivity index (χ2v) is 17.4. The minimum Gasteiger partial charge on any atom is -0.385 e. The number of fused-ring (bicyclic) bond motifs is 2. The third-order valence-corrected chi connectivity index (χ3v) is 13.4. The van der Waals surface area contributed by atoms with Gasteiger partial charge in [0.05, 0.1) is 34.3 Å². The first-order chi connectivity index (χ1) is 30.2. The van der Waals surface area contributed by atoms with E-state index in [1.165, 1.54) is 17.4 Å². The zero-order valence-corrected chi connectivity index (χ0v) is 35.4. The van der Waals surface area contributed by atoms with Crippen molar-refractivity contribution in [3.05, 3.63) is 83.3 Å². The van der Waals surface area contributed by atoms with Crippen LogP contribution in [-0.4, -0.2) is 120 Å². The van der Waals surface area contributed by atoms with Crippen molar-refractivity contribution in [3.63, 3.8) is 0 Å². The van der Waals surface area contributed by atoms with E-state index in [2.05, 4.69) is 82.2 Å². The average Bonchev–Trinajstić information content (AvgIpc) is 3.60. The van der Waals surface area contributed by atoms with Crippen LogP contribution in [0.4, 0.5) is 38.6 Å². The highest BCUT2D eigenvalue weighted by molar-refractivity contribution is 6.33. The van der Waals surface area contributed by atoms with E-state index in [1.54, 1.807) is 4.52 Å². The lowest BCUT2D eigenvalue weighted by Crippen LogP contribution is -2.49. The Bertz CT molecular complexity index is 2540. The molecule has 1 aliphatic carbocycles. The number of piperazine rings is 1. The Morgan fingerprint density at radius 3 is 2.45 bits per heavy atom. The molecule has 10 rings (SSSR count). The molecule has 3 aromatic heterocycles. The Kier molecular flexibility index (Phi) is 10.8. The number of aromatic nitrogens is 4. The fourth-order valence-electron chi connectivity index (χ4n) is 9.42. The molecule has 1 saturated carbocycles. The molecule has 0 radical (unpaired) electrons. The van der Waals surface area contributed by atoms with Gasteiger partial charge in [0.15, 0.2) is 17.2 Å². The minimum absolute atomic E-state index is 0.236. The number of hydrogen-bond donors (Lipinski definition) is 4. The summed E-state index contributed by atoms with van der Waals surface area (Å²) in [6.45, 7) is 7.63. The van der Waals surface area contributed by atoms with Gasteiger partial charge in [-0.15, -0.1) is 5.10 Å². The van der Waals surface area contributed by atoms with Crippen LogP contribution in [0.15, 0.2) is 67.0 Å². The third-order valence-electron chi connectivity index (χ3n) is 13.1. The molecule has 3 atom stereocenters. The number of hydrogen-bond acceptors (Lipinski definition) is 12. The van der Waals surface area contributed by atoms with Gasteiger partial charge in [-0.2, -0.15) is 0 Å². The fourth-order valence-corrected chi connectivity index (χ4v) is 9.65. The zero-order valence-electron chi connectivity index (χ0n) is 34.6. The molecule has 5 aliphatic rings. The summed E-state index contributed by atoms with van der Waals surface area (Å²) < 4.78 is 15.1. The highest BCUT2D eigenvalue weighted by Gasteiger charge is 2.39. The molecule has 15 nitrogen and oxygen atoms in total. The Morgan fingerprint density at radius 1 is 0.903 bits per heavy atom. The minimum atomic E-state index is -1.00. The monoisotopic (exact) mass is 860 g/mol. The lowest BCUT2D eigenvalue weighted by atomic mass is 9.95. The van der Waals surface area contributed by atoms with Gasteiger partial charge in [0.25, 0.3) is 5.91 Å². The number of amides is 3. The van der Waals surface area contributed by atoms with E-state index >= 15 is 0 Å². The summed E-state index contributed by atoms with van der Waals surface area (Å²) in [6, 6.07) is 17.6. The maximum absolute atomic E-state index is 13.6. The van der Waals surface area contributed by atoms with Crippen LogP contribution < -0.4 is 36.0 Å². The predicted octanol–water partition coefficient (Wildman–Crippen LogP) is 5.28. The summed E-state index contributed by atoms with van der Waals surface area (Å²) in [6.07, 6.45) is 6.59. The number of alkyl halides is 1. The van der Waals surface area contributed by atoms with Crippen molar-refractivity contribution in [2.45, 2.75) is 56.8 Å². The number of benzene rings is 2. The lowest BCUT2D eigenvalue weighted by molar-refractivity contribution is -0.133. The van der Waals surface area contributed by atoms with Gasteiger partial charge < -0.3 is 30.7 Å². The lowest BCUT2D eigenvalue weighted by Gasteiger charge is -2.40. The number of rotatable bonds is 11. The molecule has 4 N–H and O–H groups in total. The van der Waals surface area contributed by atoms with Gasteiger partial charge in [0, 0.05) is 107 Å². The number of carbonyl (C=O) groups excluding carboxylic acids is 3. The summed E-state index contributed by atoms with van der Waals surface area (Å²) in [5, 5.41) is 17.0. The molecule has 3 saturated heterocycles. The molecule has 2 aromatic carbocycles. The van der Waals surface area contributed by atoms with Crippen LogP contribution in [0.2, 0.25) is 5.02 Å². The molecule has 0 bridgehead atoms. The van der Waals surface area contributed by atoms with E-state index < -0.39 is 18.3 Å². The Morgan fingerprint density at radius 2 is 1.69 bits per heavy atom. The Hall–Kier alpha value is -6.00. The van der Waals surface area contributed by atoms with Crippen molar-refractivity contribution in [1.82, 2.24) is 35.1 Å². The van der Waals surface area contributed by atoms with Gasteiger partial charge in [-0.05, 0) is 73.6 Å². The van der Waals surface area contributed by atoms with Crippen LogP contribution in [-0.2, 0) is 16.0 Å². The highest BCUT2D eigenvalue weighted by atomic mass is 35.5. The second kappa shape index (κ2) is 16.7. The first-order valence-electron chi connectivity index (χ1n) is 21.7. The van der Waals surface area contributed by atoms with Crippen molar-refractivity contribution in [2.75, 3.05) is 84.7 Å². The van der Waals surface area contributed by atoms with E-state index in [4.69, 9.17) is 21.7 Å². The van der Waals surface area contributed by atoms with E-state index in [9.17, 15) is 18.8 Å². The molecule has 1 unspecified atom stereocenters. The number of anilines is 6. The molecule has 3 amide bonds. The van der Waals surface area contributed by atoms with Crippen molar-refractivity contribution >= 4 is 69.2 Å². The molecule has 7 heterocycles. The van der Waals surface area contributed by atoms with Gasteiger partial charge in [0.1, 0.15) is 12.2 Å². The Labute approximate surface area is 364 Å². The third kappa shape index (κ3) is 7.97. The summed E-state index contributed by atoms with van der Waals surface area (Å²) in [4.78, 5) is 55.8. The molecule has 0 spiro atoms. The number of piperidine rings is 2. The topological polar surface area (TPSA) is 155 Å². The van der Waals surface area contributed by atoms with Crippen LogP contribution in [0.5, 0.6) is 0 Å². The van der Waals surface area contributed by atoms with Crippen LogP contribution in [0.1, 0.15) is 48.2 Å². The number of halogens is 2. The molecular formula is C45H50ClFN12O3. The van der Waals surface area contributed by atoms with Gasteiger partial charge in [0.2, 0.25) is 11.8 Å². The summed E-state index contributed by atoms with van der Waals surface area (Å²) in [5.41, 5.74) is 8.80. The highest BCUT2D eigenvalue weighted by Crippen LogP contribution is 2.41. The van der Waals surface area contributed by atoms with E-state index in [0.717, 1.165) is 93.4 Å². The van der Waals surface area contributed by atoms with Gasteiger partial charge in [-0.1, -0.05) is 23.7 Å². The summed E-state index contributed by atoms with van der Waals surface area (Å²) in [5.74, 6) is 0.384. The molecular weight excluding hydrogens is 811 g/mol. The largest absolute Gasteiger partial charge is 0.385 e. The maximum atomic E-state index is 13.6. The molecule has 4 aliphatic heterocycles. The molecule has 4 fully saturated rings. The number of nitrogens with zero attached hydrogens (tertiary/aromatic N) is 8. The van der Waals surface area contributed by atoms with Crippen molar-refractivity contribution in [1.29, 1.82) is 0 Å². The number of pyridine rings is 1. The van der Waals surface area contributed by atoms with Crippen molar-refractivity contribution < 1.29 is 18.8 Å². The van der Waals surface area contributed by atoms with E-state index in [1.807, 2.05) is 31.4 Å². The molecule has 62 heavy (non-hydrogen) atoms. The number of nitrogens with one attached hydrogen (secondary N) is 4. The Balaban J connectivity index is 0.752. The van der Waals surface area contributed by atoms with Crippen LogP contribution >= 0.6 is 11.6 Å². The summed E-state index contributed by atoms with van der Waals surface area (Å²) >= 11 is 6.66. The molecule has 322 valence electrons. The smallest absolute Gasteiger partial charge is 0.271 e. The van der Waals surface area contributed by atoms with Crippen LogP contribution in [0.25, 0.3) is 16.9 Å². The zero-order chi connectivity index (χ0) is 42.5. The molecule has 5 aromatic rings. The van der Waals surface area contributed by atoms with E-state index in [0.29, 0.717) is 53.9 Å². The first kappa shape index (κ1) is 40.1. The normalized spacial score (nSPS) is 21.9. The standard InChI is InChI=1S/C45H50ClFN12O3/c1-48-38-24-41(54-59-40(25-50-43(38)59)45(62)52-37-23-33(37)47)58-16-12-31-30(3-2-4-39(31)58)36-22-29(9-13-49-36)56-14-10-27(11-15-56)26-55-17-19-57(20-18-55)28-5-6-34(32(46)21-28)51-35-7-8-42(60)53-44(35)61/h2-6,9,13,21-22,24-25,27,33,35,37,48,51H,7-8,10-12,14-20,23,26H2,1H3,(H,52,62)(H,53,60,61)/t33-,35?,37+/m0/s1. The molecule has 17 heteroatoms. The van der Waals surface area contributed by atoms with Gasteiger partial charge >= 0.3 is 0 Å². The van der Waals surface area contributed by atoms with Crippen molar-refractivity contribution in [2.24, 2.45) is 5.92 Å². The van der Waals surface area contributed by atoms with Gasteiger partial charge in [-0.3, -0.25) is 29.6 Å². The number of imide groups is 1. The number of carbonyl (C=O) groups is 3. The van der Waals surface area contributed by atoms with Crippen LogP contribution in [0, 0.1) is 5.92 Å². The summed E-state index contributed by atoms with van der Waals surface area (Å²) in [7, 11) is 1.82. The fraction of sp³-hybridized carbons (Fsp3) is 0.422. The van der Waals surface area contributed by atoms with E-state index in [-0.39, 0.29) is 23.4 Å². The van der Waals surface area contributed by atoms with Gasteiger partial charge in [-0.25, -0.2) is 13.9 Å². The van der Waals surface area contributed by atoms with Crippen LogP contribution in [0.3, 0.4) is 0 Å². The quantitative estimate of drug-likeness (QED) is 0.128. The maximum Gasteiger partial charge on any atom is 0.271 e. The first-order valence-corrected chi connectivity index (χ1v) is 22.1. The SMILES string of the molecule is CNc1cc(N2CCc3c(-c4cc(N5CCC(CN6CCN(c7ccc(NC8CCC(=O)NC8=O)c(Cl)c7)CC6)CC5)ccn4)cccc32)nn2c(C(=O)N[C@@H]3C[C@@H]3F)cnc12. The number of imidazole rings is 1. The van der Waals surface area contributed by atoms with Crippen molar-refractivity contribution in [3.8, 4) is 11.3 Å². The average molecular weight is 861 g/mol. The second-order valence-electron chi connectivity index (χ2n) is 17.0.